The maximum Gasteiger partial charge on any atom is 0.229 e. The van der Waals surface area contributed by atoms with Crippen LogP contribution in [0.5, 0.6) is 5.75 Å². The van der Waals surface area contributed by atoms with Crippen molar-refractivity contribution in [2.75, 3.05) is 20.7 Å². The van der Waals surface area contributed by atoms with Crippen LogP contribution in [0.25, 0.3) is 5.69 Å². The molecule has 8 heteroatoms. The maximum atomic E-state index is 13.4. The van der Waals surface area contributed by atoms with Gasteiger partial charge >= 0.3 is 0 Å². The number of likely N-dealkylation sites (tertiary alicyclic amines) is 1. The molecule has 0 radical (unpaired) electrons. The van der Waals surface area contributed by atoms with Crippen LogP contribution in [0.3, 0.4) is 0 Å². The average Bonchev–Trinajstić information content (AvgIpc) is 3.54. The van der Waals surface area contributed by atoms with Crippen molar-refractivity contribution < 1.29 is 19.1 Å². The number of carbonyl (C=O) groups excluding carboxylic acids is 2. The third-order valence-corrected chi connectivity index (χ3v) is 7.41. The zero-order valence-electron chi connectivity index (χ0n) is 18.2. The second-order valence-electron chi connectivity index (χ2n) is 9.20. The first-order chi connectivity index (χ1) is 15.5. The summed E-state index contributed by atoms with van der Waals surface area (Å²) in [6, 6.07) is 7.68. The molecule has 4 heterocycles. The van der Waals surface area contributed by atoms with Gasteiger partial charge in [0, 0.05) is 18.3 Å². The summed E-state index contributed by atoms with van der Waals surface area (Å²) in [5.41, 5.74) is 2.48. The molecular formula is C24H26N4O4. The molecule has 1 spiro atoms. The van der Waals surface area contributed by atoms with Gasteiger partial charge in [0.1, 0.15) is 11.4 Å². The molecule has 5 unspecified atom stereocenters. The van der Waals surface area contributed by atoms with Crippen molar-refractivity contribution in [2.45, 2.75) is 37.0 Å². The van der Waals surface area contributed by atoms with Gasteiger partial charge in [-0.1, -0.05) is 12.2 Å². The van der Waals surface area contributed by atoms with Crippen molar-refractivity contribution in [1.82, 2.24) is 20.0 Å². The fourth-order valence-corrected chi connectivity index (χ4v) is 5.91. The number of likely N-dealkylation sites (N-methyl/N-ethyl adjacent to an activating group) is 1. The zero-order valence-corrected chi connectivity index (χ0v) is 18.2. The van der Waals surface area contributed by atoms with Gasteiger partial charge in [-0.15, -0.1) is 0 Å². The standard InChI is InChI=1S/C24H26N4O4/c1-27-13-24-11-10-19(32-24)20(21(24)23(27)30)22(29)26-17-4-3-5-18-16(17)12-25-28(18)14-6-8-15(31-2)9-7-14/h6-12,17,19-21H,3-5,13H2,1-2H3,(H,26,29). The molecule has 1 aromatic heterocycles. The fraction of sp³-hybridized carbons (Fsp3) is 0.458. The smallest absolute Gasteiger partial charge is 0.229 e. The lowest BCUT2D eigenvalue weighted by Gasteiger charge is -2.28. The molecule has 1 N–H and O–H groups in total. The van der Waals surface area contributed by atoms with Crippen molar-refractivity contribution in [1.29, 1.82) is 0 Å². The van der Waals surface area contributed by atoms with Crippen molar-refractivity contribution in [3.05, 3.63) is 53.9 Å². The van der Waals surface area contributed by atoms with Gasteiger partial charge in [0.15, 0.2) is 0 Å². The number of benzene rings is 1. The summed E-state index contributed by atoms with van der Waals surface area (Å²) in [7, 11) is 3.42. The molecule has 6 rings (SSSR count). The van der Waals surface area contributed by atoms with Gasteiger partial charge in [0.05, 0.1) is 49.5 Å². The molecule has 2 aromatic rings. The minimum absolute atomic E-state index is 0.00587. The maximum absolute atomic E-state index is 13.4. The molecule has 0 saturated carbocycles. The highest BCUT2D eigenvalue weighted by molar-refractivity contribution is 5.93. The molecule has 2 fully saturated rings. The first-order valence-electron chi connectivity index (χ1n) is 11.1. The van der Waals surface area contributed by atoms with E-state index >= 15 is 0 Å². The lowest BCUT2D eigenvalue weighted by Crippen LogP contribution is -2.45. The van der Waals surface area contributed by atoms with Crippen LogP contribution in [0.2, 0.25) is 0 Å². The van der Waals surface area contributed by atoms with Gasteiger partial charge in [0.2, 0.25) is 11.8 Å². The molecule has 3 aliphatic heterocycles. The van der Waals surface area contributed by atoms with Crippen molar-refractivity contribution in [2.24, 2.45) is 11.8 Å². The molecular weight excluding hydrogens is 408 g/mol. The van der Waals surface area contributed by atoms with Crippen LogP contribution >= 0.6 is 0 Å². The molecule has 4 aliphatic rings. The number of aromatic nitrogens is 2. The second-order valence-corrected chi connectivity index (χ2v) is 9.20. The van der Waals surface area contributed by atoms with E-state index < -0.39 is 17.4 Å². The zero-order chi connectivity index (χ0) is 22.0. The molecule has 5 atom stereocenters. The highest BCUT2D eigenvalue weighted by atomic mass is 16.5. The minimum atomic E-state index is -0.643. The van der Waals surface area contributed by atoms with Crippen LogP contribution in [-0.2, 0) is 20.7 Å². The number of hydrogen-bond acceptors (Lipinski definition) is 5. The lowest BCUT2D eigenvalue weighted by molar-refractivity contribution is -0.137. The van der Waals surface area contributed by atoms with Gasteiger partial charge in [-0.05, 0) is 43.5 Å². The van der Waals surface area contributed by atoms with Crippen LogP contribution in [0.1, 0.15) is 30.1 Å². The SMILES string of the molecule is COc1ccc(-n2ncc3c2CCCC3NC(=O)C2C3C=CC4(CN(C)C(=O)C24)O3)cc1. The summed E-state index contributed by atoms with van der Waals surface area (Å²) in [6.45, 7) is 0.509. The van der Waals surface area contributed by atoms with Crippen LogP contribution in [-0.4, -0.2) is 58.9 Å². The van der Waals surface area contributed by atoms with Crippen LogP contribution < -0.4 is 10.1 Å². The Hall–Kier alpha value is -3.13. The number of methoxy groups -OCH3 is 1. The van der Waals surface area contributed by atoms with Crippen molar-refractivity contribution in [3.63, 3.8) is 0 Å². The Morgan fingerprint density at radius 2 is 2.12 bits per heavy atom. The Balaban J connectivity index is 1.25. The first kappa shape index (κ1) is 19.5. The van der Waals surface area contributed by atoms with E-state index in [2.05, 4.69) is 10.4 Å². The summed E-state index contributed by atoms with van der Waals surface area (Å²) in [5.74, 6) is -0.238. The molecule has 2 bridgehead atoms. The number of nitrogens with one attached hydrogen (secondary N) is 1. The third-order valence-electron chi connectivity index (χ3n) is 7.41. The number of carbonyl (C=O) groups is 2. The minimum Gasteiger partial charge on any atom is -0.497 e. The quantitative estimate of drug-likeness (QED) is 0.742. The average molecular weight is 434 g/mol. The molecule has 1 aromatic carbocycles. The second kappa shape index (κ2) is 6.93. The lowest BCUT2D eigenvalue weighted by atomic mass is 9.76. The van der Waals surface area contributed by atoms with E-state index in [-0.39, 0.29) is 24.0 Å². The molecule has 8 nitrogen and oxygen atoms in total. The Bertz CT molecular complexity index is 1120. The van der Waals surface area contributed by atoms with E-state index in [1.54, 1.807) is 19.1 Å². The summed E-state index contributed by atoms with van der Waals surface area (Å²) in [5, 5.41) is 7.85. The number of fused-ring (bicyclic) bond motifs is 2. The van der Waals surface area contributed by atoms with Crippen LogP contribution in [0.15, 0.2) is 42.6 Å². The Morgan fingerprint density at radius 3 is 2.91 bits per heavy atom. The van der Waals surface area contributed by atoms with E-state index in [0.29, 0.717) is 6.54 Å². The Labute approximate surface area is 186 Å². The van der Waals surface area contributed by atoms with Crippen LogP contribution in [0, 0.1) is 11.8 Å². The van der Waals surface area contributed by atoms with Gasteiger partial charge in [-0.2, -0.15) is 5.10 Å². The van der Waals surface area contributed by atoms with E-state index in [9.17, 15) is 9.59 Å². The van der Waals surface area contributed by atoms with Crippen molar-refractivity contribution >= 4 is 11.8 Å². The predicted octanol–water partition coefficient (Wildman–Crippen LogP) is 1.79. The number of ether oxygens (including phenoxy) is 2. The number of nitrogens with zero attached hydrogens (tertiary/aromatic N) is 3. The van der Waals surface area contributed by atoms with E-state index in [0.717, 1.165) is 42.0 Å². The van der Waals surface area contributed by atoms with Gasteiger partial charge in [0.25, 0.3) is 0 Å². The predicted molar refractivity (Wildman–Crippen MR) is 115 cm³/mol. The number of rotatable bonds is 4. The Kier molecular flexibility index (Phi) is 4.24. The fourth-order valence-electron chi connectivity index (χ4n) is 5.91. The van der Waals surface area contributed by atoms with E-state index in [1.807, 2.05) is 47.3 Å². The molecule has 2 saturated heterocycles. The normalized spacial score (nSPS) is 32.2. The van der Waals surface area contributed by atoms with Gasteiger partial charge in [-0.3, -0.25) is 9.59 Å². The number of amides is 2. The summed E-state index contributed by atoms with van der Waals surface area (Å²) < 4.78 is 13.3. The van der Waals surface area contributed by atoms with Gasteiger partial charge < -0.3 is 19.7 Å². The molecule has 2 amide bonds. The highest BCUT2D eigenvalue weighted by Gasteiger charge is 2.66. The molecule has 1 aliphatic carbocycles. The van der Waals surface area contributed by atoms with Gasteiger partial charge in [-0.25, -0.2) is 4.68 Å². The summed E-state index contributed by atoms with van der Waals surface area (Å²) in [6.07, 6.45) is 8.16. The summed E-state index contributed by atoms with van der Waals surface area (Å²) in [4.78, 5) is 27.9. The molecule has 32 heavy (non-hydrogen) atoms. The third kappa shape index (κ3) is 2.68. The first-order valence-corrected chi connectivity index (χ1v) is 11.1. The summed E-state index contributed by atoms with van der Waals surface area (Å²) >= 11 is 0. The Morgan fingerprint density at radius 1 is 1.31 bits per heavy atom. The van der Waals surface area contributed by atoms with E-state index in [1.165, 1.54) is 0 Å². The monoisotopic (exact) mass is 434 g/mol. The largest absolute Gasteiger partial charge is 0.497 e. The van der Waals surface area contributed by atoms with Crippen LogP contribution in [0.4, 0.5) is 0 Å². The number of hydrogen-bond donors (Lipinski definition) is 1. The topological polar surface area (TPSA) is 85.7 Å². The molecule has 166 valence electrons. The van der Waals surface area contributed by atoms with Crippen molar-refractivity contribution in [3.8, 4) is 11.4 Å². The van der Waals surface area contributed by atoms with E-state index in [4.69, 9.17) is 9.47 Å². The highest BCUT2D eigenvalue weighted by Crippen LogP contribution is 2.51.